The smallest absolute Gasteiger partial charge is 0.224 e. The normalized spacial score (nSPS) is 16.8. The van der Waals surface area contributed by atoms with Gasteiger partial charge in [0.05, 0.1) is 0 Å². The van der Waals surface area contributed by atoms with Gasteiger partial charge in [-0.3, -0.25) is 4.79 Å². The summed E-state index contributed by atoms with van der Waals surface area (Å²) in [5, 5.41) is 10.0. The minimum absolute atomic E-state index is 0.0583. The van der Waals surface area contributed by atoms with E-state index in [0.717, 1.165) is 30.9 Å². The molecule has 2 heterocycles. The zero-order valence-corrected chi connectivity index (χ0v) is 11.1. The number of nitrogens with zero attached hydrogens (tertiary/aromatic N) is 1. The highest BCUT2D eigenvalue weighted by molar-refractivity contribution is 5.91. The lowest BCUT2D eigenvalue weighted by molar-refractivity contribution is -0.116. The second-order valence-corrected chi connectivity index (χ2v) is 4.98. The Balaban J connectivity index is 1.78. The van der Waals surface area contributed by atoms with Crippen molar-refractivity contribution in [2.24, 2.45) is 5.92 Å². The topological polar surface area (TPSA) is 67.2 Å². The van der Waals surface area contributed by atoms with Gasteiger partial charge in [-0.2, -0.15) is 0 Å². The zero-order valence-electron chi connectivity index (χ0n) is 11.1. The summed E-state index contributed by atoms with van der Waals surface area (Å²) in [6.45, 7) is 5.80. The average Bonchev–Trinajstić information content (AvgIpc) is 2.69. The molecule has 1 aliphatic heterocycles. The lowest BCUT2D eigenvalue weighted by atomic mass is 9.93. The van der Waals surface area contributed by atoms with Crippen LogP contribution < -0.4 is 10.6 Å². The first-order chi connectivity index (χ1) is 8.66. The predicted octanol–water partition coefficient (Wildman–Crippen LogP) is 2.01. The Morgan fingerprint density at radius 3 is 2.78 bits per heavy atom. The molecule has 2 N–H and O–H groups in total. The summed E-state index contributed by atoms with van der Waals surface area (Å²) in [6, 6.07) is 0. The monoisotopic (exact) mass is 251 g/mol. The van der Waals surface area contributed by atoms with Crippen LogP contribution in [0.1, 0.15) is 37.1 Å². The van der Waals surface area contributed by atoms with E-state index in [2.05, 4.69) is 15.8 Å². The second-order valence-electron chi connectivity index (χ2n) is 4.98. The Kier molecular flexibility index (Phi) is 4.36. The van der Waals surface area contributed by atoms with Crippen molar-refractivity contribution in [3.8, 4) is 0 Å². The number of anilines is 1. The Morgan fingerprint density at radius 2 is 2.17 bits per heavy atom. The second kappa shape index (κ2) is 6.00. The molecule has 2 rings (SSSR count). The number of carbonyl (C=O) groups is 1. The zero-order chi connectivity index (χ0) is 13.0. The minimum atomic E-state index is 0.0583. The highest BCUT2D eigenvalue weighted by Crippen LogP contribution is 2.21. The Morgan fingerprint density at radius 1 is 1.44 bits per heavy atom. The van der Waals surface area contributed by atoms with E-state index >= 15 is 0 Å². The van der Waals surface area contributed by atoms with Crippen LogP contribution in [-0.4, -0.2) is 24.2 Å². The summed E-state index contributed by atoms with van der Waals surface area (Å²) < 4.78 is 5.02. The van der Waals surface area contributed by atoms with E-state index in [0.29, 0.717) is 18.1 Å². The summed E-state index contributed by atoms with van der Waals surface area (Å²) in [6.07, 6.45) is 3.91. The van der Waals surface area contributed by atoms with Gasteiger partial charge in [0, 0.05) is 6.42 Å². The fourth-order valence-corrected chi connectivity index (χ4v) is 2.37. The molecule has 0 spiro atoms. The lowest BCUT2D eigenvalue weighted by Gasteiger charge is -2.22. The van der Waals surface area contributed by atoms with Crippen LogP contribution in [0.5, 0.6) is 0 Å². The van der Waals surface area contributed by atoms with Crippen molar-refractivity contribution >= 4 is 11.6 Å². The standard InChI is InChI=1S/C13H21N3O2/c1-9-13(10(2)18-16-9)15-12(17)4-3-11-5-7-14-8-6-11/h11,14H,3-8H2,1-2H3,(H,15,17). The molecule has 0 atom stereocenters. The summed E-state index contributed by atoms with van der Waals surface area (Å²) in [4.78, 5) is 11.9. The van der Waals surface area contributed by atoms with Crippen LogP contribution in [0.15, 0.2) is 4.52 Å². The van der Waals surface area contributed by atoms with E-state index < -0.39 is 0 Å². The third-order valence-electron chi connectivity index (χ3n) is 3.54. The number of rotatable bonds is 4. The molecule has 0 aromatic carbocycles. The molecule has 1 amide bonds. The number of piperidine rings is 1. The first-order valence-electron chi connectivity index (χ1n) is 6.60. The molecule has 1 aromatic heterocycles. The molecule has 1 saturated heterocycles. The molecule has 1 aromatic rings. The summed E-state index contributed by atoms with van der Waals surface area (Å²) >= 11 is 0. The Labute approximate surface area is 107 Å². The van der Waals surface area contributed by atoms with Crippen LogP contribution in [0.2, 0.25) is 0 Å². The molecule has 0 unspecified atom stereocenters. The number of aryl methyl sites for hydroxylation is 2. The van der Waals surface area contributed by atoms with Crippen molar-refractivity contribution in [1.82, 2.24) is 10.5 Å². The molecular weight excluding hydrogens is 230 g/mol. The van der Waals surface area contributed by atoms with E-state index in [1.165, 1.54) is 12.8 Å². The van der Waals surface area contributed by atoms with Gasteiger partial charge in [-0.1, -0.05) is 5.16 Å². The van der Waals surface area contributed by atoms with Crippen molar-refractivity contribution in [1.29, 1.82) is 0 Å². The van der Waals surface area contributed by atoms with E-state index in [9.17, 15) is 4.79 Å². The highest BCUT2D eigenvalue weighted by atomic mass is 16.5. The average molecular weight is 251 g/mol. The number of aromatic nitrogens is 1. The summed E-state index contributed by atoms with van der Waals surface area (Å²) in [5.41, 5.74) is 1.47. The van der Waals surface area contributed by atoms with Crippen molar-refractivity contribution < 1.29 is 9.32 Å². The first kappa shape index (κ1) is 13.1. The van der Waals surface area contributed by atoms with Gasteiger partial charge < -0.3 is 15.2 Å². The van der Waals surface area contributed by atoms with E-state index in [4.69, 9.17) is 4.52 Å². The van der Waals surface area contributed by atoms with Gasteiger partial charge in [0.25, 0.3) is 0 Å². The SMILES string of the molecule is Cc1noc(C)c1NC(=O)CCC1CCNCC1. The number of carbonyl (C=O) groups excluding carboxylic acids is 1. The molecule has 18 heavy (non-hydrogen) atoms. The maximum absolute atomic E-state index is 11.9. The van der Waals surface area contributed by atoms with E-state index in [-0.39, 0.29) is 5.91 Å². The Bertz CT molecular complexity index is 389. The van der Waals surface area contributed by atoms with Gasteiger partial charge in [0.1, 0.15) is 11.4 Å². The molecule has 0 saturated carbocycles. The van der Waals surface area contributed by atoms with Gasteiger partial charge in [-0.15, -0.1) is 0 Å². The van der Waals surface area contributed by atoms with Gasteiger partial charge in [-0.25, -0.2) is 0 Å². The maximum Gasteiger partial charge on any atom is 0.224 e. The number of amides is 1. The Hall–Kier alpha value is -1.36. The van der Waals surface area contributed by atoms with Gasteiger partial charge in [0.2, 0.25) is 5.91 Å². The van der Waals surface area contributed by atoms with Crippen LogP contribution in [0, 0.1) is 19.8 Å². The fourth-order valence-electron chi connectivity index (χ4n) is 2.37. The molecule has 1 fully saturated rings. The molecule has 1 aliphatic rings. The maximum atomic E-state index is 11.9. The van der Waals surface area contributed by atoms with Crippen molar-refractivity contribution in [3.05, 3.63) is 11.5 Å². The van der Waals surface area contributed by atoms with Crippen LogP contribution >= 0.6 is 0 Å². The summed E-state index contributed by atoms with van der Waals surface area (Å²) in [7, 11) is 0. The van der Waals surface area contributed by atoms with E-state index in [1.54, 1.807) is 0 Å². The molecule has 5 heteroatoms. The van der Waals surface area contributed by atoms with Crippen LogP contribution in [0.4, 0.5) is 5.69 Å². The quantitative estimate of drug-likeness (QED) is 0.859. The van der Waals surface area contributed by atoms with Gasteiger partial charge in [-0.05, 0) is 52.1 Å². The lowest BCUT2D eigenvalue weighted by Crippen LogP contribution is -2.28. The largest absolute Gasteiger partial charge is 0.359 e. The molecular formula is C13H21N3O2. The van der Waals surface area contributed by atoms with Crippen LogP contribution in [0.3, 0.4) is 0 Å². The van der Waals surface area contributed by atoms with Crippen LogP contribution in [-0.2, 0) is 4.79 Å². The van der Waals surface area contributed by atoms with Crippen molar-refractivity contribution in [2.45, 2.75) is 39.5 Å². The predicted molar refractivity (Wildman–Crippen MR) is 69.4 cm³/mol. The van der Waals surface area contributed by atoms with Gasteiger partial charge >= 0.3 is 0 Å². The molecule has 0 bridgehead atoms. The summed E-state index contributed by atoms with van der Waals surface area (Å²) in [5.74, 6) is 1.41. The van der Waals surface area contributed by atoms with E-state index in [1.807, 2.05) is 13.8 Å². The van der Waals surface area contributed by atoms with Crippen molar-refractivity contribution in [3.63, 3.8) is 0 Å². The first-order valence-corrected chi connectivity index (χ1v) is 6.60. The van der Waals surface area contributed by atoms with Crippen molar-refractivity contribution in [2.75, 3.05) is 18.4 Å². The molecule has 100 valence electrons. The fraction of sp³-hybridized carbons (Fsp3) is 0.692. The van der Waals surface area contributed by atoms with Gasteiger partial charge in [0.15, 0.2) is 5.76 Å². The van der Waals surface area contributed by atoms with Crippen LogP contribution in [0.25, 0.3) is 0 Å². The number of hydrogen-bond donors (Lipinski definition) is 2. The minimum Gasteiger partial charge on any atom is -0.359 e. The highest BCUT2D eigenvalue weighted by Gasteiger charge is 2.16. The molecule has 5 nitrogen and oxygen atoms in total. The number of nitrogens with one attached hydrogen (secondary N) is 2. The third-order valence-corrected chi connectivity index (χ3v) is 3.54. The number of hydrogen-bond acceptors (Lipinski definition) is 4. The third kappa shape index (κ3) is 3.32. The molecule has 0 aliphatic carbocycles. The molecule has 0 radical (unpaired) electrons.